The van der Waals surface area contributed by atoms with Crippen LogP contribution in [0.15, 0.2) is 10.9 Å². The third kappa shape index (κ3) is 3.44. The molecule has 2 N–H and O–H groups in total. The predicted molar refractivity (Wildman–Crippen MR) is 71.1 cm³/mol. The Balaban J connectivity index is 1.76. The Hall–Kier alpha value is -1.63. The van der Waals surface area contributed by atoms with Gasteiger partial charge in [-0.1, -0.05) is 6.92 Å². The first-order chi connectivity index (χ1) is 9.08. The maximum Gasteiger partial charge on any atom is 0.317 e. The van der Waals surface area contributed by atoms with Gasteiger partial charge in [0.1, 0.15) is 0 Å². The molecule has 0 bridgehead atoms. The second-order valence-corrected chi connectivity index (χ2v) is 5.51. The van der Waals surface area contributed by atoms with E-state index in [1.807, 2.05) is 12.3 Å². The van der Waals surface area contributed by atoms with Crippen molar-refractivity contribution in [3.8, 4) is 0 Å². The average Bonchev–Trinajstić information content (AvgIpc) is 2.98. The van der Waals surface area contributed by atoms with Crippen LogP contribution in [0.25, 0.3) is 0 Å². The number of likely N-dealkylation sites (tertiary alicyclic amines) is 1. The van der Waals surface area contributed by atoms with E-state index in [0.29, 0.717) is 26.1 Å². The number of urea groups is 1. The van der Waals surface area contributed by atoms with E-state index in [2.05, 4.69) is 10.3 Å². The molecule has 1 aliphatic rings. The molecule has 19 heavy (non-hydrogen) atoms. The van der Waals surface area contributed by atoms with Gasteiger partial charge in [0.2, 0.25) is 0 Å². The summed E-state index contributed by atoms with van der Waals surface area (Å²) >= 11 is 1.53. The van der Waals surface area contributed by atoms with Crippen molar-refractivity contribution in [3.63, 3.8) is 0 Å². The summed E-state index contributed by atoms with van der Waals surface area (Å²) in [6.07, 6.45) is 0.695. The summed E-state index contributed by atoms with van der Waals surface area (Å²) in [5.41, 5.74) is 2.72. The monoisotopic (exact) mass is 283 g/mol. The topological polar surface area (TPSA) is 82.5 Å². The van der Waals surface area contributed by atoms with E-state index in [4.69, 9.17) is 5.11 Å². The summed E-state index contributed by atoms with van der Waals surface area (Å²) in [5.74, 6) is -1.28. The second-order valence-electron chi connectivity index (χ2n) is 4.79. The molecule has 2 atom stereocenters. The molecular weight excluding hydrogens is 266 g/mol. The molecule has 7 heteroatoms. The molecule has 1 saturated heterocycles. The molecular formula is C12H17N3O3S. The molecule has 2 heterocycles. The highest BCUT2D eigenvalue weighted by molar-refractivity contribution is 7.07. The first kappa shape index (κ1) is 13.8. The van der Waals surface area contributed by atoms with Crippen molar-refractivity contribution < 1.29 is 14.7 Å². The molecule has 0 aliphatic carbocycles. The smallest absolute Gasteiger partial charge is 0.317 e. The number of carbonyl (C=O) groups is 2. The van der Waals surface area contributed by atoms with Crippen LogP contribution in [-0.4, -0.2) is 46.6 Å². The average molecular weight is 283 g/mol. The normalized spacial score (nSPS) is 22.5. The number of thiazole rings is 1. The lowest BCUT2D eigenvalue weighted by Crippen LogP contribution is -2.39. The van der Waals surface area contributed by atoms with Crippen LogP contribution in [0.2, 0.25) is 0 Å². The van der Waals surface area contributed by atoms with Crippen LogP contribution < -0.4 is 5.32 Å². The number of hydrogen-bond acceptors (Lipinski definition) is 4. The zero-order valence-corrected chi connectivity index (χ0v) is 11.5. The molecule has 2 rings (SSSR count). The summed E-state index contributed by atoms with van der Waals surface area (Å²) in [5, 5.41) is 13.8. The van der Waals surface area contributed by atoms with E-state index >= 15 is 0 Å². The fourth-order valence-corrected chi connectivity index (χ4v) is 2.82. The number of nitrogens with one attached hydrogen (secondary N) is 1. The molecule has 1 aromatic heterocycles. The van der Waals surface area contributed by atoms with Crippen molar-refractivity contribution in [3.05, 3.63) is 16.6 Å². The van der Waals surface area contributed by atoms with Gasteiger partial charge in [-0.2, -0.15) is 0 Å². The van der Waals surface area contributed by atoms with Gasteiger partial charge in [-0.15, -0.1) is 11.3 Å². The Morgan fingerprint density at radius 2 is 2.37 bits per heavy atom. The molecule has 6 nitrogen and oxygen atoms in total. The number of carbonyl (C=O) groups excluding carboxylic acids is 1. The third-order valence-electron chi connectivity index (χ3n) is 3.36. The number of aromatic nitrogens is 1. The van der Waals surface area contributed by atoms with E-state index in [0.717, 1.165) is 5.69 Å². The largest absolute Gasteiger partial charge is 0.481 e. The van der Waals surface area contributed by atoms with Gasteiger partial charge in [0, 0.05) is 31.4 Å². The minimum atomic E-state index is -0.828. The lowest BCUT2D eigenvalue weighted by molar-refractivity contribution is -0.142. The van der Waals surface area contributed by atoms with E-state index in [9.17, 15) is 9.59 Å². The minimum absolute atomic E-state index is 0.00166. The van der Waals surface area contributed by atoms with Crippen LogP contribution in [0, 0.1) is 11.8 Å². The van der Waals surface area contributed by atoms with Crippen molar-refractivity contribution in [2.24, 2.45) is 11.8 Å². The summed E-state index contributed by atoms with van der Waals surface area (Å²) in [6.45, 7) is 3.17. The van der Waals surface area contributed by atoms with Crippen LogP contribution in [-0.2, 0) is 11.2 Å². The third-order valence-corrected chi connectivity index (χ3v) is 3.99. The fraction of sp³-hybridized carbons (Fsp3) is 0.583. The molecule has 0 unspecified atom stereocenters. The lowest BCUT2D eigenvalue weighted by Gasteiger charge is -2.16. The molecule has 0 saturated carbocycles. The first-order valence-electron chi connectivity index (χ1n) is 6.20. The van der Waals surface area contributed by atoms with Crippen LogP contribution in [0.3, 0.4) is 0 Å². The highest BCUT2D eigenvalue weighted by Gasteiger charge is 2.36. The van der Waals surface area contributed by atoms with Gasteiger partial charge in [0.15, 0.2) is 0 Å². The first-order valence-corrected chi connectivity index (χ1v) is 7.15. The zero-order chi connectivity index (χ0) is 13.8. The van der Waals surface area contributed by atoms with Crippen molar-refractivity contribution in [1.29, 1.82) is 0 Å². The van der Waals surface area contributed by atoms with Gasteiger partial charge in [-0.05, 0) is 5.92 Å². The quantitative estimate of drug-likeness (QED) is 0.865. The Bertz CT molecular complexity index is 449. The van der Waals surface area contributed by atoms with Gasteiger partial charge in [-0.25, -0.2) is 9.78 Å². The summed E-state index contributed by atoms with van der Waals surface area (Å²) in [4.78, 5) is 28.6. The molecule has 1 aromatic rings. The van der Waals surface area contributed by atoms with Crippen molar-refractivity contribution in [2.75, 3.05) is 19.6 Å². The Morgan fingerprint density at radius 3 is 2.95 bits per heavy atom. The second kappa shape index (κ2) is 6.01. The molecule has 1 fully saturated rings. The predicted octanol–water partition coefficient (Wildman–Crippen LogP) is 1.05. The van der Waals surface area contributed by atoms with Crippen molar-refractivity contribution in [1.82, 2.24) is 15.2 Å². The standard InChI is InChI=1S/C12H17N3O3S/c1-8-4-15(5-10(8)11(16)17)12(18)13-3-2-9-6-19-7-14-9/h6-8,10H,2-5H2,1H3,(H,13,18)(H,16,17)/t8-,10-/m1/s1. The van der Waals surface area contributed by atoms with Crippen LogP contribution in [0.5, 0.6) is 0 Å². The van der Waals surface area contributed by atoms with Gasteiger partial charge in [0.05, 0.1) is 17.1 Å². The number of aliphatic carboxylic acids is 1. The SMILES string of the molecule is C[C@@H]1CN(C(=O)NCCc2cscn2)C[C@H]1C(=O)O. The molecule has 1 aliphatic heterocycles. The Kier molecular flexibility index (Phi) is 4.36. The van der Waals surface area contributed by atoms with Gasteiger partial charge in [-0.3, -0.25) is 4.79 Å². The maximum absolute atomic E-state index is 11.9. The Labute approximate surface area is 115 Å². The van der Waals surface area contributed by atoms with E-state index in [-0.39, 0.29) is 11.9 Å². The maximum atomic E-state index is 11.9. The van der Waals surface area contributed by atoms with Crippen LogP contribution in [0.4, 0.5) is 4.79 Å². The van der Waals surface area contributed by atoms with Gasteiger partial charge in [0.25, 0.3) is 0 Å². The van der Waals surface area contributed by atoms with Crippen molar-refractivity contribution in [2.45, 2.75) is 13.3 Å². The van der Waals surface area contributed by atoms with Crippen LogP contribution in [0.1, 0.15) is 12.6 Å². The Morgan fingerprint density at radius 1 is 1.58 bits per heavy atom. The molecule has 0 aromatic carbocycles. The minimum Gasteiger partial charge on any atom is -0.481 e. The highest BCUT2D eigenvalue weighted by Crippen LogP contribution is 2.22. The summed E-state index contributed by atoms with van der Waals surface area (Å²) in [7, 11) is 0. The zero-order valence-electron chi connectivity index (χ0n) is 10.7. The molecule has 2 amide bonds. The molecule has 0 radical (unpaired) electrons. The van der Waals surface area contributed by atoms with Gasteiger partial charge >= 0.3 is 12.0 Å². The van der Waals surface area contributed by atoms with E-state index < -0.39 is 11.9 Å². The number of carboxylic acids is 1. The van der Waals surface area contributed by atoms with Crippen LogP contribution >= 0.6 is 11.3 Å². The highest BCUT2D eigenvalue weighted by atomic mass is 32.1. The molecule has 0 spiro atoms. The number of rotatable bonds is 4. The van der Waals surface area contributed by atoms with Gasteiger partial charge < -0.3 is 15.3 Å². The summed E-state index contributed by atoms with van der Waals surface area (Å²) in [6, 6.07) is -0.189. The van der Waals surface area contributed by atoms with E-state index in [1.54, 1.807) is 10.4 Å². The number of amides is 2. The lowest BCUT2D eigenvalue weighted by atomic mass is 9.99. The summed E-state index contributed by atoms with van der Waals surface area (Å²) < 4.78 is 0. The van der Waals surface area contributed by atoms with Crippen molar-refractivity contribution >= 4 is 23.3 Å². The molecule has 104 valence electrons. The number of nitrogens with zero attached hydrogens (tertiary/aromatic N) is 2. The number of carboxylic acid groups (broad SMARTS) is 1. The van der Waals surface area contributed by atoms with E-state index in [1.165, 1.54) is 11.3 Å². The fourth-order valence-electron chi connectivity index (χ4n) is 2.22. The number of hydrogen-bond donors (Lipinski definition) is 2.